The van der Waals surface area contributed by atoms with E-state index in [0.717, 1.165) is 59.5 Å². The summed E-state index contributed by atoms with van der Waals surface area (Å²) in [6.45, 7) is 7.31. The first-order chi connectivity index (χ1) is 14.6. The zero-order valence-corrected chi connectivity index (χ0v) is 18.7. The first-order valence-corrected chi connectivity index (χ1v) is 11.2. The Balaban J connectivity index is 1.47. The summed E-state index contributed by atoms with van der Waals surface area (Å²) in [5, 5.41) is 4.34. The third-order valence-electron chi connectivity index (χ3n) is 5.49. The molecule has 2 heterocycles. The second-order valence-corrected chi connectivity index (χ2v) is 8.33. The number of benzene rings is 2. The Morgan fingerprint density at radius 3 is 2.63 bits per heavy atom. The van der Waals surface area contributed by atoms with E-state index in [-0.39, 0.29) is 5.91 Å². The summed E-state index contributed by atoms with van der Waals surface area (Å²) in [5.74, 6) is 1.63. The van der Waals surface area contributed by atoms with E-state index in [1.54, 1.807) is 0 Å². The molecule has 1 fully saturated rings. The second kappa shape index (κ2) is 9.53. The van der Waals surface area contributed by atoms with Gasteiger partial charge in [-0.05, 0) is 30.8 Å². The van der Waals surface area contributed by atoms with Gasteiger partial charge in [0.15, 0.2) is 5.82 Å². The van der Waals surface area contributed by atoms with Gasteiger partial charge in [-0.15, -0.1) is 0 Å². The molecule has 30 heavy (non-hydrogen) atoms. The van der Waals surface area contributed by atoms with Crippen molar-refractivity contribution >= 4 is 38.6 Å². The number of halogens is 1. The van der Waals surface area contributed by atoms with Gasteiger partial charge in [-0.3, -0.25) is 4.79 Å². The van der Waals surface area contributed by atoms with E-state index in [1.165, 1.54) is 0 Å². The minimum Gasteiger partial charge on any atom is -0.369 e. The Labute approximate surface area is 185 Å². The highest BCUT2D eigenvalue weighted by atomic mass is 79.9. The van der Waals surface area contributed by atoms with Crippen LogP contribution < -0.4 is 5.32 Å². The zero-order chi connectivity index (χ0) is 20.9. The molecule has 0 unspecified atom stereocenters. The normalized spacial score (nSPS) is 14.8. The molecule has 0 radical (unpaired) electrons. The average molecular weight is 468 g/mol. The van der Waals surface area contributed by atoms with Crippen LogP contribution in [0.3, 0.4) is 0 Å². The molecule has 156 valence electrons. The number of para-hydroxylation sites is 1. The highest BCUT2D eigenvalue weighted by Gasteiger charge is 2.19. The van der Waals surface area contributed by atoms with E-state index in [9.17, 15) is 4.79 Å². The highest BCUT2D eigenvalue weighted by molar-refractivity contribution is 9.10. The predicted molar refractivity (Wildman–Crippen MR) is 124 cm³/mol. The maximum absolute atomic E-state index is 12.6. The maximum atomic E-state index is 12.6. The third-order valence-corrected chi connectivity index (χ3v) is 5.98. The van der Waals surface area contributed by atoms with Crippen LogP contribution in [0.5, 0.6) is 0 Å². The number of likely N-dealkylation sites (N-methyl/N-ethyl adjacent to an activating group) is 1. The Morgan fingerprint density at radius 2 is 1.87 bits per heavy atom. The lowest BCUT2D eigenvalue weighted by Crippen LogP contribution is -2.48. The van der Waals surface area contributed by atoms with Gasteiger partial charge in [0.2, 0.25) is 5.91 Å². The molecule has 7 heteroatoms. The van der Waals surface area contributed by atoms with E-state index in [4.69, 9.17) is 9.97 Å². The van der Waals surface area contributed by atoms with Crippen LogP contribution in [0.2, 0.25) is 0 Å². The van der Waals surface area contributed by atoms with Crippen molar-refractivity contribution in [2.45, 2.75) is 13.3 Å². The Morgan fingerprint density at radius 1 is 1.07 bits per heavy atom. The van der Waals surface area contributed by atoms with Crippen LogP contribution in [0.4, 0.5) is 5.82 Å². The lowest BCUT2D eigenvalue weighted by atomic mass is 10.2. The quantitative estimate of drug-likeness (QED) is 0.592. The van der Waals surface area contributed by atoms with Crippen molar-refractivity contribution in [1.29, 1.82) is 0 Å². The van der Waals surface area contributed by atoms with Crippen molar-refractivity contribution in [3.8, 4) is 11.4 Å². The van der Waals surface area contributed by atoms with Gasteiger partial charge in [0.25, 0.3) is 0 Å². The lowest BCUT2D eigenvalue weighted by Gasteiger charge is -2.34. The Bertz CT molecular complexity index is 1030. The molecule has 1 aromatic heterocycles. The monoisotopic (exact) mass is 467 g/mol. The molecule has 6 nitrogen and oxygen atoms in total. The van der Waals surface area contributed by atoms with Crippen molar-refractivity contribution in [1.82, 2.24) is 19.8 Å². The summed E-state index contributed by atoms with van der Waals surface area (Å²) in [6, 6.07) is 15.9. The smallest absolute Gasteiger partial charge is 0.224 e. The maximum Gasteiger partial charge on any atom is 0.224 e. The van der Waals surface area contributed by atoms with Gasteiger partial charge in [-0.25, -0.2) is 9.97 Å². The molecule has 1 N–H and O–H groups in total. The number of fused-ring (bicyclic) bond motifs is 1. The van der Waals surface area contributed by atoms with Gasteiger partial charge in [-0.2, -0.15) is 0 Å². The fraction of sp³-hybridized carbons (Fsp3) is 0.348. The minimum absolute atomic E-state index is 0.198. The molecule has 0 aliphatic carbocycles. The predicted octanol–water partition coefficient (Wildman–Crippen LogP) is 4.03. The van der Waals surface area contributed by atoms with Crippen LogP contribution in [0.15, 0.2) is 53.0 Å². The number of anilines is 1. The molecule has 2 aromatic carbocycles. The van der Waals surface area contributed by atoms with Crippen LogP contribution in [-0.2, 0) is 4.79 Å². The number of nitrogens with one attached hydrogen (secondary N) is 1. The van der Waals surface area contributed by atoms with E-state index in [1.807, 2.05) is 53.4 Å². The van der Waals surface area contributed by atoms with Gasteiger partial charge >= 0.3 is 0 Å². The molecule has 1 aliphatic heterocycles. The van der Waals surface area contributed by atoms with E-state index < -0.39 is 0 Å². The number of rotatable bonds is 6. The van der Waals surface area contributed by atoms with Crippen molar-refractivity contribution in [2.24, 2.45) is 0 Å². The highest BCUT2D eigenvalue weighted by Crippen LogP contribution is 2.26. The molecule has 3 aromatic rings. The molecular weight excluding hydrogens is 442 g/mol. The van der Waals surface area contributed by atoms with Crippen LogP contribution in [0.25, 0.3) is 22.3 Å². The topological polar surface area (TPSA) is 61.4 Å². The molecule has 4 rings (SSSR count). The van der Waals surface area contributed by atoms with Crippen LogP contribution in [-0.4, -0.2) is 64.9 Å². The molecule has 1 amide bonds. The summed E-state index contributed by atoms with van der Waals surface area (Å²) < 4.78 is 0.986. The van der Waals surface area contributed by atoms with Crippen LogP contribution in [0.1, 0.15) is 13.3 Å². The number of hydrogen-bond donors (Lipinski definition) is 1. The van der Waals surface area contributed by atoms with E-state index in [2.05, 4.69) is 33.1 Å². The van der Waals surface area contributed by atoms with Gasteiger partial charge in [0.1, 0.15) is 5.82 Å². The van der Waals surface area contributed by atoms with Crippen molar-refractivity contribution in [3.63, 3.8) is 0 Å². The SMILES string of the molecule is CCN1CCN(C(=O)CCNc2nc(-c3cccc(Br)c3)nc3ccccc23)CC1. The molecule has 0 spiro atoms. The molecule has 0 saturated carbocycles. The van der Waals surface area contributed by atoms with Crippen molar-refractivity contribution < 1.29 is 4.79 Å². The number of piperazine rings is 1. The van der Waals surface area contributed by atoms with Gasteiger partial charge in [-0.1, -0.05) is 47.1 Å². The first-order valence-electron chi connectivity index (χ1n) is 10.4. The molecule has 1 aliphatic rings. The first kappa shape index (κ1) is 20.8. The van der Waals surface area contributed by atoms with Crippen molar-refractivity contribution in [3.05, 3.63) is 53.0 Å². The summed E-state index contributed by atoms with van der Waals surface area (Å²) in [6.07, 6.45) is 0.455. The van der Waals surface area contributed by atoms with Gasteiger partial charge < -0.3 is 15.1 Å². The fourth-order valence-electron chi connectivity index (χ4n) is 3.73. The van der Waals surface area contributed by atoms with Gasteiger partial charge in [0, 0.05) is 54.6 Å². The van der Waals surface area contributed by atoms with Crippen LogP contribution >= 0.6 is 15.9 Å². The summed E-state index contributed by atoms with van der Waals surface area (Å²) in [4.78, 5) is 26.4. The number of aromatic nitrogens is 2. The second-order valence-electron chi connectivity index (χ2n) is 7.42. The van der Waals surface area contributed by atoms with Crippen LogP contribution in [0, 0.1) is 0 Å². The Kier molecular flexibility index (Phi) is 6.59. The van der Waals surface area contributed by atoms with Crippen molar-refractivity contribution in [2.75, 3.05) is 44.6 Å². The molecule has 0 atom stereocenters. The van der Waals surface area contributed by atoms with E-state index in [0.29, 0.717) is 18.8 Å². The number of amides is 1. The van der Waals surface area contributed by atoms with Gasteiger partial charge in [0.05, 0.1) is 5.52 Å². The zero-order valence-electron chi connectivity index (χ0n) is 17.1. The summed E-state index contributed by atoms with van der Waals surface area (Å²) >= 11 is 3.52. The summed E-state index contributed by atoms with van der Waals surface area (Å²) in [5.41, 5.74) is 1.83. The molecular formula is C23H26BrN5O. The number of hydrogen-bond acceptors (Lipinski definition) is 5. The molecule has 1 saturated heterocycles. The third kappa shape index (κ3) is 4.79. The lowest BCUT2D eigenvalue weighted by molar-refractivity contribution is -0.132. The average Bonchev–Trinajstić information content (AvgIpc) is 2.79. The Hall–Kier alpha value is -2.51. The number of carbonyl (C=O) groups is 1. The molecule has 0 bridgehead atoms. The summed E-state index contributed by atoms with van der Waals surface area (Å²) in [7, 11) is 0. The number of nitrogens with zero attached hydrogens (tertiary/aromatic N) is 4. The minimum atomic E-state index is 0.198. The number of carbonyl (C=O) groups excluding carboxylic acids is 1. The fourth-order valence-corrected chi connectivity index (χ4v) is 4.13. The van der Waals surface area contributed by atoms with E-state index >= 15 is 0 Å². The standard InChI is InChI=1S/C23H26BrN5O/c1-2-28-12-14-29(15-13-28)21(30)10-11-25-23-19-8-3-4-9-20(19)26-22(27-23)17-6-5-7-18(24)16-17/h3-9,16H,2,10-15H2,1H3,(H,25,26,27). The largest absolute Gasteiger partial charge is 0.369 e.